The van der Waals surface area contributed by atoms with Crippen LogP contribution in [0.4, 0.5) is 11.4 Å². The van der Waals surface area contributed by atoms with Gasteiger partial charge in [-0.15, -0.1) is 11.3 Å². The number of thiophene rings is 1. The molecule has 2 N–H and O–H groups in total. The molecule has 4 heteroatoms. The van der Waals surface area contributed by atoms with E-state index in [1.807, 2.05) is 60.0 Å². The molecule has 1 aliphatic rings. The predicted octanol–water partition coefficient (Wildman–Crippen LogP) is 5.21. The molecule has 0 aliphatic carbocycles. The highest BCUT2D eigenvalue weighted by molar-refractivity contribution is 7.12. The lowest BCUT2D eigenvalue weighted by Crippen LogP contribution is -2.43. The summed E-state index contributed by atoms with van der Waals surface area (Å²) in [6.45, 7) is 2.09. The van der Waals surface area contributed by atoms with Gasteiger partial charge in [-0.25, -0.2) is 0 Å². The van der Waals surface area contributed by atoms with Gasteiger partial charge in [-0.3, -0.25) is 4.79 Å². The number of Topliss-reactive ketones (excluding diaryl/α,β-unsaturated/α-hetero) is 1. The van der Waals surface area contributed by atoms with E-state index in [1.54, 1.807) is 0 Å². The van der Waals surface area contributed by atoms with E-state index in [0.29, 0.717) is 0 Å². The number of carbonyl (C=O) groups is 1. The smallest absolute Gasteiger partial charge is 0.180 e. The van der Waals surface area contributed by atoms with Crippen molar-refractivity contribution in [2.75, 3.05) is 10.6 Å². The molecular weight excluding hydrogens is 328 g/mol. The molecule has 4 rings (SSSR count). The van der Waals surface area contributed by atoms with E-state index in [1.165, 1.54) is 11.3 Å². The van der Waals surface area contributed by atoms with Gasteiger partial charge < -0.3 is 10.6 Å². The van der Waals surface area contributed by atoms with Crippen LogP contribution < -0.4 is 10.6 Å². The standard InChI is InChI=1S/C21H20N2OS/c1-14-19(21(24)18-12-7-13-25-18)20(23-15-8-3-2-4-9-15)16-10-5-6-11-17(16)22-14/h2-14,19-20,22-23H,1H3/t14-,19+,20?/m1/s1. The Morgan fingerprint density at radius 1 is 1.00 bits per heavy atom. The van der Waals surface area contributed by atoms with Gasteiger partial charge in [0.2, 0.25) is 0 Å². The minimum Gasteiger partial charge on any atom is -0.381 e. The Morgan fingerprint density at radius 3 is 2.52 bits per heavy atom. The molecule has 2 heterocycles. The van der Waals surface area contributed by atoms with Crippen LogP contribution in [0.3, 0.4) is 0 Å². The largest absolute Gasteiger partial charge is 0.381 e. The number of nitrogens with one attached hydrogen (secondary N) is 2. The molecule has 2 aromatic carbocycles. The van der Waals surface area contributed by atoms with Gasteiger partial charge in [0.05, 0.1) is 16.8 Å². The summed E-state index contributed by atoms with van der Waals surface area (Å²) in [6, 6.07) is 22.2. The summed E-state index contributed by atoms with van der Waals surface area (Å²) in [7, 11) is 0. The van der Waals surface area contributed by atoms with Gasteiger partial charge in [0.25, 0.3) is 0 Å². The lowest BCUT2D eigenvalue weighted by Gasteiger charge is -2.39. The Labute approximate surface area is 151 Å². The number of carbonyl (C=O) groups excluding carboxylic acids is 1. The maximum Gasteiger partial charge on any atom is 0.180 e. The van der Waals surface area contributed by atoms with Crippen molar-refractivity contribution < 1.29 is 4.79 Å². The Kier molecular flexibility index (Phi) is 4.28. The molecule has 25 heavy (non-hydrogen) atoms. The molecule has 0 saturated carbocycles. The highest BCUT2D eigenvalue weighted by Gasteiger charge is 2.39. The van der Waals surface area contributed by atoms with E-state index >= 15 is 0 Å². The lowest BCUT2D eigenvalue weighted by atomic mass is 9.80. The number of anilines is 2. The maximum absolute atomic E-state index is 13.2. The van der Waals surface area contributed by atoms with Gasteiger partial charge in [-0.05, 0) is 42.1 Å². The molecular formula is C21H20N2OS. The third kappa shape index (κ3) is 3.05. The van der Waals surface area contributed by atoms with Gasteiger partial charge in [0.15, 0.2) is 5.78 Å². The van der Waals surface area contributed by atoms with Crippen molar-refractivity contribution in [1.82, 2.24) is 0 Å². The van der Waals surface area contributed by atoms with Crippen LogP contribution in [0.2, 0.25) is 0 Å². The first-order valence-electron chi connectivity index (χ1n) is 8.49. The Balaban J connectivity index is 1.76. The molecule has 0 fully saturated rings. The topological polar surface area (TPSA) is 41.1 Å². The fourth-order valence-electron chi connectivity index (χ4n) is 3.56. The van der Waals surface area contributed by atoms with Crippen molar-refractivity contribution in [3.05, 3.63) is 82.6 Å². The summed E-state index contributed by atoms with van der Waals surface area (Å²) in [6.07, 6.45) is 0. The van der Waals surface area contributed by atoms with Crippen LogP contribution in [0.25, 0.3) is 0 Å². The molecule has 3 aromatic rings. The maximum atomic E-state index is 13.2. The molecule has 0 radical (unpaired) electrons. The zero-order valence-electron chi connectivity index (χ0n) is 14.0. The van der Waals surface area contributed by atoms with E-state index in [-0.39, 0.29) is 23.8 Å². The molecule has 1 aliphatic heterocycles. The molecule has 0 saturated heterocycles. The average Bonchev–Trinajstić information content (AvgIpc) is 3.17. The van der Waals surface area contributed by atoms with E-state index in [4.69, 9.17) is 0 Å². The molecule has 0 spiro atoms. The zero-order chi connectivity index (χ0) is 17.2. The summed E-state index contributed by atoms with van der Waals surface area (Å²) < 4.78 is 0. The Hall–Kier alpha value is -2.59. The van der Waals surface area contributed by atoms with Crippen LogP contribution in [0.5, 0.6) is 0 Å². The molecule has 1 aromatic heterocycles. The van der Waals surface area contributed by atoms with Gasteiger partial charge >= 0.3 is 0 Å². The van der Waals surface area contributed by atoms with Crippen molar-refractivity contribution in [1.29, 1.82) is 0 Å². The van der Waals surface area contributed by atoms with Crippen LogP contribution in [-0.2, 0) is 0 Å². The quantitative estimate of drug-likeness (QED) is 0.636. The van der Waals surface area contributed by atoms with Crippen LogP contribution in [0.15, 0.2) is 72.1 Å². The third-order valence-corrected chi connectivity index (χ3v) is 5.62. The first kappa shape index (κ1) is 15.9. The van der Waals surface area contributed by atoms with Crippen LogP contribution >= 0.6 is 11.3 Å². The normalized spacial score (nSPS) is 21.9. The first-order chi connectivity index (χ1) is 12.2. The van der Waals surface area contributed by atoms with E-state index < -0.39 is 0 Å². The minimum atomic E-state index is -0.172. The van der Waals surface area contributed by atoms with E-state index in [0.717, 1.165) is 21.8 Å². The lowest BCUT2D eigenvalue weighted by molar-refractivity contribution is 0.0895. The molecule has 126 valence electrons. The second kappa shape index (κ2) is 6.73. The second-order valence-electron chi connectivity index (χ2n) is 6.38. The number of benzene rings is 2. The molecule has 1 unspecified atom stereocenters. The van der Waals surface area contributed by atoms with Crippen LogP contribution in [-0.4, -0.2) is 11.8 Å². The highest BCUT2D eigenvalue weighted by Crippen LogP contribution is 2.40. The molecule has 3 atom stereocenters. The molecule has 3 nitrogen and oxygen atoms in total. The molecule has 0 bridgehead atoms. The van der Waals surface area contributed by atoms with E-state index in [2.05, 4.69) is 29.7 Å². The Morgan fingerprint density at radius 2 is 1.76 bits per heavy atom. The summed E-state index contributed by atoms with van der Waals surface area (Å²) in [5.41, 5.74) is 3.26. The fourth-order valence-corrected chi connectivity index (χ4v) is 4.27. The van der Waals surface area contributed by atoms with Gasteiger partial charge in [-0.2, -0.15) is 0 Å². The monoisotopic (exact) mass is 348 g/mol. The van der Waals surface area contributed by atoms with Gasteiger partial charge in [0, 0.05) is 17.4 Å². The van der Waals surface area contributed by atoms with Crippen molar-refractivity contribution in [2.45, 2.75) is 19.0 Å². The highest BCUT2D eigenvalue weighted by atomic mass is 32.1. The Bertz CT molecular complexity index is 861. The average molecular weight is 348 g/mol. The third-order valence-electron chi connectivity index (χ3n) is 4.74. The fraction of sp³-hybridized carbons (Fsp3) is 0.190. The summed E-state index contributed by atoms with van der Waals surface area (Å²) in [4.78, 5) is 14.0. The summed E-state index contributed by atoms with van der Waals surface area (Å²) in [5.74, 6) is 0.0201. The summed E-state index contributed by atoms with van der Waals surface area (Å²) >= 11 is 1.51. The van der Waals surface area contributed by atoms with E-state index in [9.17, 15) is 4.79 Å². The van der Waals surface area contributed by atoms with Crippen molar-refractivity contribution >= 4 is 28.5 Å². The van der Waals surface area contributed by atoms with Crippen molar-refractivity contribution in [2.24, 2.45) is 5.92 Å². The number of hydrogen-bond acceptors (Lipinski definition) is 4. The molecule has 0 amide bonds. The van der Waals surface area contributed by atoms with Crippen molar-refractivity contribution in [3.8, 4) is 0 Å². The summed E-state index contributed by atoms with van der Waals surface area (Å²) in [5, 5.41) is 9.08. The van der Waals surface area contributed by atoms with Gasteiger partial charge in [-0.1, -0.05) is 42.5 Å². The second-order valence-corrected chi connectivity index (χ2v) is 7.32. The minimum absolute atomic E-state index is 0.0470. The number of rotatable bonds is 4. The zero-order valence-corrected chi connectivity index (χ0v) is 14.8. The predicted molar refractivity (Wildman–Crippen MR) is 104 cm³/mol. The van der Waals surface area contributed by atoms with Crippen molar-refractivity contribution in [3.63, 3.8) is 0 Å². The number of ketones is 1. The van der Waals surface area contributed by atoms with Crippen LogP contribution in [0, 0.1) is 5.92 Å². The first-order valence-corrected chi connectivity index (χ1v) is 9.37. The van der Waals surface area contributed by atoms with Crippen LogP contribution in [0.1, 0.15) is 28.2 Å². The number of para-hydroxylation sites is 2. The number of fused-ring (bicyclic) bond motifs is 1. The SMILES string of the molecule is C[C@H]1Nc2ccccc2C(Nc2ccccc2)[C@H]1C(=O)c1cccs1. The van der Waals surface area contributed by atoms with Gasteiger partial charge in [0.1, 0.15) is 0 Å². The number of hydrogen-bond donors (Lipinski definition) is 2.